The van der Waals surface area contributed by atoms with E-state index < -0.39 is 11.9 Å². The number of nitrogen functional groups attached to an aromatic ring is 1. The van der Waals surface area contributed by atoms with E-state index in [9.17, 15) is 14.7 Å². The number of rotatable bonds is 3. The van der Waals surface area contributed by atoms with Crippen molar-refractivity contribution in [1.29, 1.82) is 0 Å². The fourth-order valence-electron chi connectivity index (χ4n) is 3.28. The number of amides is 1. The number of hydrogen-bond acceptors (Lipinski definition) is 6. The molecule has 0 aliphatic heterocycles. The Kier molecular flexibility index (Phi) is 4.49. The Morgan fingerprint density at radius 1 is 1.22 bits per heavy atom. The molecule has 0 spiro atoms. The summed E-state index contributed by atoms with van der Waals surface area (Å²) in [5, 5.41) is 14.6. The summed E-state index contributed by atoms with van der Waals surface area (Å²) in [5.74, 6) is -1.83. The SMILES string of the molecule is Nc1c(C(=O)Nc2ccc(Cl)c(C(=O)[O-])c2)sc2nc3c(cc12)CCCC3. The Balaban J connectivity index is 1.68. The van der Waals surface area contributed by atoms with E-state index in [1.807, 2.05) is 6.07 Å². The van der Waals surface area contributed by atoms with Crippen LogP contribution < -0.4 is 16.2 Å². The topological polar surface area (TPSA) is 108 Å². The Morgan fingerprint density at radius 2 is 2.00 bits per heavy atom. The number of carboxylic acid groups (broad SMARTS) is 1. The van der Waals surface area contributed by atoms with Crippen LogP contribution >= 0.6 is 22.9 Å². The number of nitrogens with zero attached hydrogens (tertiary/aromatic N) is 1. The monoisotopic (exact) mass is 400 g/mol. The van der Waals surface area contributed by atoms with E-state index in [0.717, 1.165) is 41.6 Å². The molecular formula is C19H15ClN3O3S-. The Labute approximate surface area is 164 Å². The van der Waals surface area contributed by atoms with Gasteiger partial charge in [0.25, 0.3) is 5.91 Å². The van der Waals surface area contributed by atoms with Gasteiger partial charge >= 0.3 is 0 Å². The van der Waals surface area contributed by atoms with Crippen molar-refractivity contribution in [2.45, 2.75) is 25.7 Å². The summed E-state index contributed by atoms with van der Waals surface area (Å²) in [5.41, 5.74) is 8.99. The molecule has 1 aliphatic rings. The van der Waals surface area contributed by atoms with Crippen LogP contribution in [-0.4, -0.2) is 16.9 Å². The van der Waals surface area contributed by atoms with Gasteiger partial charge in [0, 0.05) is 27.4 Å². The number of anilines is 2. The third-order valence-electron chi connectivity index (χ3n) is 4.65. The minimum absolute atomic E-state index is 0.0455. The number of carbonyl (C=O) groups is 2. The molecule has 0 saturated heterocycles. The maximum absolute atomic E-state index is 12.7. The van der Waals surface area contributed by atoms with Gasteiger partial charge in [0.2, 0.25) is 0 Å². The first-order valence-corrected chi connectivity index (χ1v) is 9.66. The first-order chi connectivity index (χ1) is 12.9. The molecule has 0 atom stereocenters. The predicted molar refractivity (Wildman–Crippen MR) is 104 cm³/mol. The molecule has 0 fully saturated rings. The van der Waals surface area contributed by atoms with Crippen LogP contribution in [0.25, 0.3) is 10.2 Å². The number of fused-ring (bicyclic) bond motifs is 2. The molecule has 1 aliphatic carbocycles. The van der Waals surface area contributed by atoms with E-state index >= 15 is 0 Å². The van der Waals surface area contributed by atoms with Gasteiger partial charge in [0.05, 0.1) is 11.7 Å². The van der Waals surface area contributed by atoms with Crippen LogP contribution in [0.1, 0.15) is 44.1 Å². The van der Waals surface area contributed by atoms with Crippen LogP contribution in [0.15, 0.2) is 24.3 Å². The van der Waals surface area contributed by atoms with E-state index in [0.29, 0.717) is 16.3 Å². The second-order valence-electron chi connectivity index (χ2n) is 6.44. The number of pyridine rings is 1. The summed E-state index contributed by atoms with van der Waals surface area (Å²) >= 11 is 7.06. The molecule has 27 heavy (non-hydrogen) atoms. The highest BCUT2D eigenvalue weighted by atomic mass is 35.5. The number of hydrogen-bond donors (Lipinski definition) is 2. The van der Waals surface area contributed by atoms with Crippen molar-refractivity contribution in [2.75, 3.05) is 11.1 Å². The number of carboxylic acids is 1. The lowest BCUT2D eigenvalue weighted by atomic mass is 9.95. The quantitative estimate of drug-likeness (QED) is 0.702. The summed E-state index contributed by atoms with van der Waals surface area (Å²) in [6.07, 6.45) is 4.18. The molecule has 4 rings (SSSR count). The number of aromatic nitrogens is 1. The molecule has 6 nitrogen and oxygen atoms in total. The van der Waals surface area contributed by atoms with Gasteiger partial charge in [-0.1, -0.05) is 11.6 Å². The maximum atomic E-state index is 12.7. The van der Waals surface area contributed by atoms with Gasteiger partial charge in [-0.25, -0.2) is 4.98 Å². The van der Waals surface area contributed by atoms with E-state index in [-0.39, 0.29) is 10.6 Å². The van der Waals surface area contributed by atoms with Crippen molar-refractivity contribution in [3.63, 3.8) is 0 Å². The summed E-state index contributed by atoms with van der Waals surface area (Å²) < 4.78 is 0. The third kappa shape index (κ3) is 3.24. The van der Waals surface area contributed by atoms with Crippen molar-refractivity contribution >= 4 is 56.4 Å². The molecule has 138 valence electrons. The minimum atomic E-state index is -1.41. The maximum Gasteiger partial charge on any atom is 0.267 e. The van der Waals surface area contributed by atoms with Gasteiger partial charge in [-0.3, -0.25) is 4.79 Å². The summed E-state index contributed by atoms with van der Waals surface area (Å²) in [6.45, 7) is 0. The molecule has 1 amide bonds. The molecule has 0 radical (unpaired) electrons. The van der Waals surface area contributed by atoms with Crippen LogP contribution in [0.2, 0.25) is 5.02 Å². The predicted octanol–water partition coefficient (Wildman–Crippen LogP) is 3.03. The van der Waals surface area contributed by atoms with Gasteiger partial charge in [0.15, 0.2) is 0 Å². The zero-order valence-corrected chi connectivity index (χ0v) is 15.7. The van der Waals surface area contributed by atoms with Crippen LogP contribution in [0.3, 0.4) is 0 Å². The van der Waals surface area contributed by atoms with Crippen molar-refractivity contribution in [2.24, 2.45) is 0 Å². The van der Waals surface area contributed by atoms with Crippen molar-refractivity contribution in [3.05, 3.63) is 51.0 Å². The van der Waals surface area contributed by atoms with Gasteiger partial charge in [0.1, 0.15) is 9.71 Å². The minimum Gasteiger partial charge on any atom is -0.545 e. The van der Waals surface area contributed by atoms with E-state index in [1.165, 1.54) is 35.1 Å². The standard InChI is InChI=1S/C19H16ClN3O3S/c20-13-6-5-10(8-11(13)19(25)26)22-17(24)16-15(21)12-7-9-3-1-2-4-14(9)23-18(12)27-16/h5-8H,1-4,21H2,(H,22,24)(H,25,26)/p-1. The Morgan fingerprint density at radius 3 is 2.78 bits per heavy atom. The first kappa shape index (κ1) is 17.8. The molecule has 8 heteroatoms. The molecular weight excluding hydrogens is 386 g/mol. The number of nitrogens with two attached hydrogens (primary N) is 1. The molecule has 3 aromatic rings. The van der Waals surface area contributed by atoms with E-state index in [2.05, 4.69) is 5.32 Å². The van der Waals surface area contributed by atoms with Crippen LogP contribution in [0.5, 0.6) is 0 Å². The lowest BCUT2D eigenvalue weighted by Gasteiger charge is -2.14. The van der Waals surface area contributed by atoms with Gasteiger partial charge in [-0.05, 0) is 55.5 Å². The molecule has 2 aromatic heterocycles. The normalized spacial score (nSPS) is 13.4. The number of carbonyl (C=O) groups excluding carboxylic acids is 2. The Hall–Kier alpha value is -2.64. The highest BCUT2D eigenvalue weighted by Gasteiger charge is 2.20. The van der Waals surface area contributed by atoms with Crippen molar-refractivity contribution < 1.29 is 14.7 Å². The molecule has 0 saturated carbocycles. The molecule has 3 N–H and O–H groups in total. The first-order valence-electron chi connectivity index (χ1n) is 8.47. The van der Waals surface area contributed by atoms with Crippen LogP contribution in [0.4, 0.5) is 11.4 Å². The van der Waals surface area contributed by atoms with Crippen molar-refractivity contribution in [1.82, 2.24) is 4.98 Å². The second kappa shape index (κ2) is 6.83. The van der Waals surface area contributed by atoms with Gasteiger partial charge in [-0.15, -0.1) is 11.3 Å². The summed E-state index contributed by atoms with van der Waals surface area (Å²) in [4.78, 5) is 29.6. The van der Waals surface area contributed by atoms with Gasteiger partial charge < -0.3 is 21.0 Å². The Bertz CT molecular complexity index is 1090. The zero-order valence-electron chi connectivity index (χ0n) is 14.2. The lowest BCUT2D eigenvalue weighted by Crippen LogP contribution is -2.23. The van der Waals surface area contributed by atoms with Crippen LogP contribution in [0, 0.1) is 0 Å². The number of benzene rings is 1. The van der Waals surface area contributed by atoms with Crippen LogP contribution in [-0.2, 0) is 12.8 Å². The fourth-order valence-corrected chi connectivity index (χ4v) is 4.46. The third-order valence-corrected chi connectivity index (χ3v) is 6.09. The largest absolute Gasteiger partial charge is 0.545 e. The summed E-state index contributed by atoms with van der Waals surface area (Å²) in [6, 6.07) is 6.21. The van der Waals surface area contributed by atoms with E-state index in [1.54, 1.807) is 0 Å². The zero-order chi connectivity index (χ0) is 19.1. The van der Waals surface area contributed by atoms with Crippen molar-refractivity contribution in [3.8, 4) is 0 Å². The lowest BCUT2D eigenvalue weighted by molar-refractivity contribution is -0.255. The number of halogens is 1. The fraction of sp³-hybridized carbons (Fsp3) is 0.211. The summed E-state index contributed by atoms with van der Waals surface area (Å²) in [7, 11) is 0. The number of thiophene rings is 1. The molecule has 0 bridgehead atoms. The van der Waals surface area contributed by atoms with Gasteiger partial charge in [-0.2, -0.15) is 0 Å². The smallest absolute Gasteiger partial charge is 0.267 e. The molecule has 2 heterocycles. The highest BCUT2D eigenvalue weighted by molar-refractivity contribution is 7.21. The molecule has 1 aromatic carbocycles. The average molecular weight is 401 g/mol. The highest BCUT2D eigenvalue weighted by Crippen LogP contribution is 2.36. The second-order valence-corrected chi connectivity index (χ2v) is 7.84. The van der Waals surface area contributed by atoms with E-state index in [4.69, 9.17) is 22.3 Å². The number of aromatic carboxylic acids is 1. The number of nitrogens with one attached hydrogen (secondary N) is 1. The molecule has 0 unspecified atom stereocenters. The number of aryl methyl sites for hydroxylation is 2. The average Bonchev–Trinajstić information content (AvgIpc) is 2.97.